The summed E-state index contributed by atoms with van der Waals surface area (Å²) >= 11 is 6.15. The lowest BCUT2D eigenvalue weighted by molar-refractivity contribution is 0.174. The number of fused-ring (bicyclic) bond motifs is 1. The van der Waals surface area contributed by atoms with Crippen molar-refractivity contribution in [3.8, 4) is 5.75 Å². The first kappa shape index (κ1) is 15.3. The van der Waals surface area contributed by atoms with Crippen LogP contribution in [0.4, 0.5) is 10.5 Å². The lowest BCUT2D eigenvalue weighted by Crippen LogP contribution is -2.43. The fourth-order valence-corrected chi connectivity index (χ4v) is 3.56. The minimum Gasteiger partial charge on any atom is -0.491 e. The van der Waals surface area contributed by atoms with Crippen LogP contribution in [0, 0.1) is 0 Å². The monoisotopic (exact) mass is 347 g/mol. The first-order valence-corrected chi connectivity index (χ1v) is 8.44. The number of halogens is 1. The van der Waals surface area contributed by atoms with E-state index in [1.54, 1.807) is 17.3 Å². The van der Waals surface area contributed by atoms with E-state index >= 15 is 0 Å². The maximum absolute atomic E-state index is 12.7. The molecule has 1 aromatic carbocycles. The van der Waals surface area contributed by atoms with Gasteiger partial charge in [0, 0.05) is 30.1 Å². The summed E-state index contributed by atoms with van der Waals surface area (Å²) in [6.45, 7) is 1.95. The second-order valence-electron chi connectivity index (χ2n) is 6.09. The van der Waals surface area contributed by atoms with Gasteiger partial charge in [0.05, 0.1) is 18.3 Å². The van der Waals surface area contributed by atoms with Crippen molar-refractivity contribution < 1.29 is 9.53 Å². The molecule has 7 nitrogen and oxygen atoms in total. The Labute approximate surface area is 144 Å². The molecule has 1 aromatic heterocycles. The Morgan fingerprint density at radius 3 is 3.17 bits per heavy atom. The molecule has 0 saturated carbocycles. The minimum atomic E-state index is -0.139. The number of nitrogens with one attached hydrogen (secondary N) is 1. The first-order valence-electron chi connectivity index (χ1n) is 8.06. The van der Waals surface area contributed by atoms with Crippen molar-refractivity contribution in [2.24, 2.45) is 0 Å². The van der Waals surface area contributed by atoms with Gasteiger partial charge in [-0.15, -0.1) is 0 Å². The molecule has 1 atom stereocenters. The number of ether oxygens (including phenoxy) is 1. The van der Waals surface area contributed by atoms with Crippen molar-refractivity contribution in [2.45, 2.75) is 25.3 Å². The van der Waals surface area contributed by atoms with Crippen molar-refractivity contribution in [3.05, 3.63) is 35.4 Å². The van der Waals surface area contributed by atoms with Gasteiger partial charge in [-0.2, -0.15) is 5.10 Å². The summed E-state index contributed by atoms with van der Waals surface area (Å²) < 4.78 is 7.46. The van der Waals surface area contributed by atoms with E-state index in [9.17, 15) is 4.79 Å². The molecule has 2 amide bonds. The zero-order valence-corrected chi connectivity index (χ0v) is 13.9. The average Bonchev–Trinajstić information content (AvgIpc) is 3.26. The van der Waals surface area contributed by atoms with Crippen LogP contribution in [0.15, 0.2) is 24.8 Å². The van der Waals surface area contributed by atoms with E-state index in [0.717, 1.165) is 37.1 Å². The molecule has 2 aromatic rings. The van der Waals surface area contributed by atoms with Crippen molar-refractivity contribution in [1.82, 2.24) is 19.7 Å². The molecule has 1 saturated heterocycles. The van der Waals surface area contributed by atoms with Crippen molar-refractivity contribution >= 4 is 23.3 Å². The number of piperidine rings is 1. The Bertz CT molecular complexity index is 749. The van der Waals surface area contributed by atoms with Crippen molar-refractivity contribution in [1.29, 1.82) is 0 Å². The molecule has 1 fully saturated rings. The summed E-state index contributed by atoms with van der Waals surface area (Å²) in [6, 6.07) is 3.65. The van der Waals surface area contributed by atoms with Gasteiger partial charge in [0.15, 0.2) is 0 Å². The second-order valence-corrected chi connectivity index (χ2v) is 6.52. The maximum Gasteiger partial charge on any atom is 0.322 e. The van der Waals surface area contributed by atoms with Gasteiger partial charge in [-0.05, 0) is 25.0 Å². The van der Waals surface area contributed by atoms with Crippen LogP contribution in [-0.2, 0) is 6.42 Å². The Hall–Kier alpha value is -2.28. The molecule has 0 radical (unpaired) electrons. The minimum absolute atomic E-state index is 0.139. The van der Waals surface area contributed by atoms with E-state index in [1.807, 2.05) is 10.7 Å². The Balaban J connectivity index is 1.48. The Kier molecular flexibility index (Phi) is 4.02. The Morgan fingerprint density at radius 2 is 2.33 bits per heavy atom. The first-order chi connectivity index (χ1) is 11.7. The third-order valence-electron chi connectivity index (χ3n) is 4.48. The highest BCUT2D eigenvalue weighted by atomic mass is 35.5. The Morgan fingerprint density at radius 1 is 1.42 bits per heavy atom. The molecule has 0 spiro atoms. The zero-order chi connectivity index (χ0) is 16.5. The van der Waals surface area contributed by atoms with Crippen molar-refractivity contribution in [3.63, 3.8) is 0 Å². The molecular weight excluding hydrogens is 330 g/mol. The third kappa shape index (κ3) is 2.91. The summed E-state index contributed by atoms with van der Waals surface area (Å²) in [4.78, 5) is 18.5. The number of carbonyl (C=O) groups is 1. The van der Waals surface area contributed by atoms with Gasteiger partial charge in [0.2, 0.25) is 0 Å². The predicted molar refractivity (Wildman–Crippen MR) is 89.5 cm³/mol. The van der Waals surface area contributed by atoms with Crippen LogP contribution >= 0.6 is 11.6 Å². The molecule has 0 bridgehead atoms. The molecule has 24 heavy (non-hydrogen) atoms. The summed E-state index contributed by atoms with van der Waals surface area (Å²) in [5.74, 6) is 0.734. The van der Waals surface area contributed by atoms with E-state index in [-0.39, 0.29) is 12.1 Å². The van der Waals surface area contributed by atoms with Crippen LogP contribution in [-0.4, -0.2) is 45.4 Å². The fourth-order valence-electron chi connectivity index (χ4n) is 3.32. The topological polar surface area (TPSA) is 72.3 Å². The largest absolute Gasteiger partial charge is 0.491 e. The normalized spacial score (nSPS) is 19.7. The maximum atomic E-state index is 12.7. The number of anilines is 1. The average molecular weight is 348 g/mol. The highest BCUT2D eigenvalue weighted by molar-refractivity contribution is 6.31. The van der Waals surface area contributed by atoms with Gasteiger partial charge in [0.1, 0.15) is 18.4 Å². The summed E-state index contributed by atoms with van der Waals surface area (Å²) in [6.07, 6.45) is 5.96. The summed E-state index contributed by atoms with van der Waals surface area (Å²) in [7, 11) is 0. The highest BCUT2D eigenvalue weighted by Crippen LogP contribution is 2.37. The molecule has 126 valence electrons. The van der Waals surface area contributed by atoms with Gasteiger partial charge in [0.25, 0.3) is 0 Å². The van der Waals surface area contributed by atoms with Crippen LogP contribution in [0.5, 0.6) is 5.75 Å². The lowest BCUT2D eigenvalue weighted by atomic mass is 10.1. The summed E-state index contributed by atoms with van der Waals surface area (Å²) in [5.41, 5.74) is 1.68. The number of hydrogen-bond acceptors (Lipinski definition) is 4. The predicted octanol–water partition coefficient (Wildman–Crippen LogP) is 2.74. The number of likely N-dealkylation sites (tertiary alicyclic amines) is 1. The molecule has 0 aliphatic carbocycles. The molecule has 8 heteroatoms. The lowest BCUT2D eigenvalue weighted by Gasteiger charge is -2.32. The van der Waals surface area contributed by atoms with Crippen LogP contribution in [0.3, 0.4) is 0 Å². The molecule has 0 unspecified atom stereocenters. The van der Waals surface area contributed by atoms with Gasteiger partial charge < -0.3 is 15.0 Å². The molecular formula is C16H18ClN5O2. The number of rotatable bonds is 2. The van der Waals surface area contributed by atoms with Gasteiger partial charge in [-0.1, -0.05) is 11.6 Å². The van der Waals surface area contributed by atoms with Crippen LogP contribution in [0.25, 0.3) is 0 Å². The number of carbonyl (C=O) groups excluding carboxylic acids is 1. The quantitative estimate of drug-likeness (QED) is 0.906. The van der Waals surface area contributed by atoms with E-state index in [2.05, 4.69) is 15.4 Å². The number of hydrogen-bond donors (Lipinski definition) is 1. The van der Waals surface area contributed by atoms with E-state index in [0.29, 0.717) is 23.9 Å². The smallest absolute Gasteiger partial charge is 0.322 e. The van der Waals surface area contributed by atoms with Crippen LogP contribution in [0.2, 0.25) is 5.02 Å². The molecule has 2 aliphatic rings. The van der Waals surface area contributed by atoms with E-state index in [4.69, 9.17) is 16.3 Å². The number of amides is 2. The van der Waals surface area contributed by atoms with Gasteiger partial charge in [-0.3, -0.25) is 0 Å². The van der Waals surface area contributed by atoms with Crippen molar-refractivity contribution in [2.75, 3.05) is 25.0 Å². The summed E-state index contributed by atoms with van der Waals surface area (Å²) in [5, 5.41) is 7.74. The molecule has 1 N–H and O–H groups in total. The fraction of sp³-hybridized carbons (Fsp3) is 0.438. The van der Waals surface area contributed by atoms with E-state index < -0.39 is 0 Å². The molecule has 3 heterocycles. The standard InChI is InChI=1S/C16H18ClN5O2/c17-12-6-11-3-5-24-15(11)14(7-12)20-16(23)21-4-1-2-13(8-21)22-10-18-9-19-22/h6-7,9-10,13H,1-5,8H2,(H,20,23)/t13-/m0/s1. The molecule has 4 rings (SSSR count). The molecule has 2 aliphatic heterocycles. The number of urea groups is 1. The van der Waals surface area contributed by atoms with E-state index in [1.165, 1.54) is 6.33 Å². The number of nitrogens with zero attached hydrogens (tertiary/aromatic N) is 4. The highest BCUT2D eigenvalue weighted by Gasteiger charge is 2.27. The SMILES string of the molecule is O=C(Nc1cc(Cl)cc2c1OCC2)N1CCC[C@H](n2cncn2)C1. The zero-order valence-electron chi connectivity index (χ0n) is 13.1. The number of benzene rings is 1. The van der Waals surface area contributed by atoms with Gasteiger partial charge >= 0.3 is 6.03 Å². The number of aromatic nitrogens is 3. The van der Waals surface area contributed by atoms with Crippen LogP contribution < -0.4 is 10.1 Å². The second kappa shape index (κ2) is 6.32. The van der Waals surface area contributed by atoms with Crippen LogP contribution in [0.1, 0.15) is 24.4 Å². The third-order valence-corrected chi connectivity index (χ3v) is 4.70. The van der Waals surface area contributed by atoms with Gasteiger partial charge in [-0.25, -0.2) is 14.5 Å².